The molecular formula is C20H26N6O5S. The summed E-state index contributed by atoms with van der Waals surface area (Å²) in [5.41, 5.74) is -0.596. The minimum atomic E-state index is -3.96. The fourth-order valence-corrected chi connectivity index (χ4v) is 3.78. The predicted molar refractivity (Wildman–Crippen MR) is 116 cm³/mol. The Morgan fingerprint density at radius 1 is 1.44 bits per heavy atom. The van der Waals surface area contributed by atoms with Crippen molar-refractivity contribution >= 4 is 21.9 Å². The number of carbonyl (C=O) groups is 1. The Balaban J connectivity index is 1.65. The number of aliphatic hydroxyl groups is 1. The lowest BCUT2D eigenvalue weighted by molar-refractivity contribution is 0.103. The summed E-state index contributed by atoms with van der Waals surface area (Å²) in [6.07, 6.45) is 6.60. The van der Waals surface area contributed by atoms with Gasteiger partial charge in [0.05, 0.1) is 12.2 Å². The van der Waals surface area contributed by atoms with Crippen LogP contribution >= 0.6 is 0 Å². The van der Waals surface area contributed by atoms with Crippen LogP contribution in [0.15, 0.2) is 24.8 Å². The molecule has 32 heavy (non-hydrogen) atoms. The highest BCUT2D eigenvalue weighted by Crippen LogP contribution is 2.29. The summed E-state index contributed by atoms with van der Waals surface area (Å²) < 4.78 is 28.2. The zero-order chi connectivity index (χ0) is 23.4. The van der Waals surface area contributed by atoms with Crippen LogP contribution in [-0.4, -0.2) is 57.3 Å². The number of nitrogens with one attached hydrogen (secondary N) is 1. The lowest BCUT2D eigenvalue weighted by atomic mass is 10.1. The van der Waals surface area contributed by atoms with Gasteiger partial charge in [0, 0.05) is 18.4 Å². The summed E-state index contributed by atoms with van der Waals surface area (Å²) in [5.74, 6) is 5.59. The molecule has 1 aliphatic rings. The molecule has 2 atom stereocenters. The van der Waals surface area contributed by atoms with Crippen molar-refractivity contribution in [2.45, 2.75) is 51.3 Å². The first-order valence-electron chi connectivity index (χ1n) is 10.0. The van der Waals surface area contributed by atoms with E-state index in [1.165, 1.54) is 17.2 Å². The maximum atomic E-state index is 13.0. The number of hydrogen-bond acceptors (Lipinski definition) is 9. The lowest BCUT2D eigenvalue weighted by Crippen LogP contribution is -2.22. The quantitative estimate of drug-likeness (QED) is 0.374. The van der Waals surface area contributed by atoms with Crippen molar-refractivity contribution in [3.05, 3.63) is 36.0 Å². The molecule has 4 N–H and O–H groups in total. The lowest BCUT2D eigenvalue weighted by Gasteiger charge is -2.15. The van der Waals surface area contributed by atoms with Crippen molar-refractivity contribution in [3.63, 3.8) is 0 Å². The average molecular weight is 463 g/mol. The van der Waals surface area contributed by atoms with Crippen LogP contribution in [0.5, 0.6) is 0 Å². The van der Waals surface area contributed by atoms with Gasteiger partial charge in [-0.15, -0.1) is 0 Å². The van der Waals surface area contributed by atoms with Crippen LogP contribution in [-0.2, 0) is 21.0 Å². The Bertz CT molecular complexity index is 1130. The Morgan fingerprint density at radius 3 is 2.94 bits per heavy atom. The van der Waals surface area contributed by atoms with Crippen molar-refractivity contribution in [2.24, 2.45) is 11.1 Å². The molecular weight excluding hydrogens is 436 g/mol. The second-order valence-electron chi connectivity index (χ2n) is 8.17. The molecule has 12 heteroatoms. The highest BCUT2D eigenvalue weighted by Gasteiger charge is 2.28. The van der Waals surface area contributed by atoms with Crippen LogP contribution in [0.25, 0.3) is 0 Å². The van der Waals surface area contributed by atoms with Crippen LogP contribution in [0.2, 0.25) is 0 Å². The molecule has 0 amide bonds. The molecule has 0 bridgehead atoms. The number of ketones is 1. The molecule has 0 spiro atoms. The maximum Gasteiger partial charge on any atom is 0.333 e. The third kappa shape index (κ3) is 7.10. The molecule has 11 nitrogen and oxygen atoms in total. The highest BCUT2D eigenvalue weighted by molar-refractivity contribution is 7.84. The van der Waals surface area contributed by atoms with Gasteiger partial charge in [0.15, 0.2) is 0 Å². The van der Waals surface area contributed by atoms with Gasteiger partial charge < -0.3 is 10.4 Å². The number of nitrogens with two attached hydrogens (primary N) is 1. The van der Waals surface area contributed by atoms with Crippen molar-refractivity contribution in [2.75, 3.05) is 11.9 Å². The molecule has 2 heterocycles. The standard InChI is InChI=1S/C20H26N6O5S/c1-20(2,28)7-3-8-26-9-6-17(25-26)18(27)16-11-22-13-23-19(16)24-15-5-4-14(10-15)12-31-32(21,29)30/h6,9,11,13-15,28H,4-5,8,10,12H2,1-2H3,(H2,21,29,30)(H,22,23,24). The molecule has 2 aromatic heterocycles. The Hall–Kier alpha value is -2.85. The van der Waals surface area contributed by atoms with Crippen LogP contribution in [0.4, 0.5) is 5.82 Å². The van der Waals surface area contributed by atoms with Gasteiger partial charge in [0.25, 0.3) is 0 Å². The van der Waals surface area contributed by atoms with Gasteiger partial charge in [0.1, 0.15) is 30.0 Å². The normalized spacial score (nSPS) is 18.8. The topological polar surface area (TPSA) is 162 Å². The number of rotatable bonds is 8. The van der Waals surface area contributed by atoms with E-state index >= 15 is 0 Å². The molecule has 172 valence electrons. The fourth-order valence-electron chi connectivity index (χ4n) is 3.40. The highest BCUT2D eigenvalue weighted by atomic mass is 32.2. The van der Waals surface area contributed by atoms with Crippen LogP contribution in [0, 0.1) is 17.8 Å². The van der Waals surface area contributed by atoms with Gasteiger partial charge >= 0.3 is 10.3 Å². The monoisotopic (exact) mass is 462 g/mol. The van der Waals surface area contributed by atoms with E-state index in [2.05, 4.69) is 36.4 Å². The van der Waals surface area contributed by atoms with E-state index in [9.17, 15) is 18.3 Å². The smallest absolute Gasteiger partial charge is 0.333 e. The molecule has 2 aromatic rings. The second kappa shape index (κ2) is 9.74. The first-order valence-corrected chi connectivity index (χ1v) is 11.5. The third-order valence-electron chi connectivity index (χ3n) is 4.82. The molecule has 0 aliphatic heterocycles. The molecule has 1 aliphatic carbocycles. The van der Waals surface area contributed by atoms with Gasteiger partial charge in [-0.25, -0.2) is 15.1 Å². The van der Waals surface area contributed by atoms with Gasteiger partial charge in [-0.05, 0) is 45.1 Å². The summed E-state index contributed by atoms with van der Waals surface area (Å²) in [4.78, 5) is 21.2. The molecule has 0 radical (unpaired) electrons. The fraction of sp³-hybridized carbons (Fsp3) is 0.500. The summed E-state index contributed by atoms with van der Waals surface area (Å²) in [5, 5.41) is 22.0. The van der Waals surface area contributed by atoms with E-state index in [0.717, 1.165) is 12.8 Å². The molecule has 1 fully saturated rings. The largest absolute Gasteiger partial charge is 0.378 e. The van der Waals surface area contributed by atoms with E-state index in [1.807, 2.05) is 0 Å². The van der Waals surface area contributed by atoms with Crippen molar-refractivity contribution in [1.82, 2.24) is 19.7 Å². The number of hydrogen-bond donors (Lipinski definition) is 3. The average Bonchev–Trinajstić information content (AvgIpc) is 3.34. The van der Waals surface area contributed by atoms with Crippen molar-refractivity contribution < 1.29 is 22.5 Å². The Kier molecular flexibility index (Phi) is 7.25. The SMILES string of the molecule is CC(C)(O)C#CCn1ccc(C(=O)c2cncnc2NC2CCC(COS(N)(=O)=O)C2)n1. The summed E-state index contributed by atoms with van der Waals surface area (Å²) in [6.45, 7) is 3.43. The van der Waals surface area contributed by atoms with Gasteiger partial charge in [0.2, 0.25) is 5.78 Å². The Morgan fingerprint density at radius 2 is 2.22 bits per heavy atom. The number of nitrogens with zero attached hydrogens (tertiary/aromatic N) is 4. The predicted octanol–water partition coefficient (Wildman–Crippen LogP) is 0.479. The third-order valence-corrected chi connectivity index (χ3v) is 5.28. The second-order valence-corrected chi connectivity index (χ2v) is 9.39. The zero-order valence-corrected chi connectivity index (χ0v) is 18.7. The van der Waals surface area contributed by atoms with Gasteiger partial charge in [-0.3, -0.25) is 13.7 Å². The first-order chi connectivity index (χ1) is 15.0. The minimum absolute atomic E-state index is 0.000182. The Labute approximate surface area is 186 Å². The van der Waals surface area contributed by atoms with Gasteiger partial charge in [-0.1, -0.05) is 11.8 Å². The molecule has 2 unspecified atom stereocenters. The van der Waals surface area contributed by atoms with Gasteiger partial charge in [-0.2, -0.15) is 13.5 Å². The zero-order valence-electron chi connectivity index (χ0n) is 17.9. The first kappa shape index (κ1) is 23.8. The number of carbonyl (C=O) groups excluding carboxylic acids is 1. The molecule has 0 saturated heterocycles. The molecule has 3 rings (SSSR count). The number of aromatic nitrogens is 4. The summed E-state index contributed by atoms with van der Waals surface area (Å²) >= 11 is 0. The minimum Gasteiger partial charge on any atom is -0.378 e. The van der Waals surface area contributed by atoms with Crippen LogP contribution in [0.3, 0.4) is 0 Å². The maximum absolute atomic E-state index is 13.0. The van der Waals surface area contributed by atoms with E-state index in [4.69, 9.17) is 5.14 Å². The summed E-state index contributed by atoms with van der Waals surface area (Å²) in [6, 6.07) is 1.58. The van der Waals surface area contributed by atoms with E-state index in [1.54, 1.807) is 26.1 Å². The number of anilines is 1. The molecule has 0 aromatic carbocycles. The molecule has 1 saturated carbocycles. The van der Waals surface area contributed by atoms with E-state index in [-0.39, 0.29) is 42.2 Å². The van der Waals surface area contributed by atoms with E-state index < -0.39 is 15.9 Å². The summed E-state index contributed by atoms with van der Waals surface area (Å²) in [7, 11) is -3.96. The van der Waals surface area contributed by atoms with Crippen molar-refractivity contribution in [1.29, 1.82) is 0 Å². The van der Waals surface area contributed by atoms with Crippen LogP contribution in [0.1, 0.15) is 49.2 Å². The van der Waals surface area contributed by atoms with Crippen LogP contribution < -0.4 is 10.5 Å². The van der Waals surface area contributed by atoms with E-state index in [0.29, 0.717) is 12.2 Å². The van der Waals surface area contributed by atoms with Crippen molar-refractivity contribution in [3.8, 4) is 11.8 Å².